The molecule has 0 unspecified atom stereocenters. The second-order valence-corrected chi connectivity index (χ2v) is 4.76. The molecule has 0 aliphatic heterocycles. The average molecular weight is 282 g/mol. The van der Waals surface area contributed by atoms with Gasteiger partial charge in [-0.3, -0.25) is 4.98 Å². The highest BCUT2D eigenvalue weighted by molar-refractivity contribution is 9.10. The van der Waals surface area contributed by atoms with Gasteiger partial charge in [0, 0.05) is 28.8 Å². The third kappa shape index (κ3) is 3.28. The Kier molecular flexibility index (Phi) is 3.69. The van der Waals surface area contributed by atoms with E-state index in [2.05, 4.69) is 36.9 Å². The second kappa shape index (κ2) is 5.23. The molecule has 3 nitrogen and oxygen atoms in total. The zero-order valence-corrected chi connectivity index (χ0v) is 10.2. The first-order chi connectivity index (χ1) is 7.34. The number of pyridine rings is 1. The normalized spacial score (nSPS) is 10.2. The number of aromatic nitrogens is 3. The first-order valence-electron chi connectivity index (χ1n) is 4.33. The van der Waals surface area contributed by atoms with Crippen molar-refractivity contribution in [2.45, 2.75) is 10.8 Å². The third-order valence-corrected chi connectivity index (χ3v) is 3.15. The Morgan fingerprint density at radius 1 is 1.27 bits per heavy atom. The summed E-state index contributed by atoms with van der Waals surface area (Å²) in [5.74, 6) is 0.865. The van der Waals surface area contributed by atoms with Crippen molar-refractivity contribution in [3.05, 3.63) is 47.1 Å². The lowest BCUT2D eigenvalue weighted by molar-refractivity contribution is 1.05. The predicted molar refractivity (Wildman–Crippen MR) is 63.5 cm³/mol. The number of hydrogen-bond acceptors (Lipinski definition) is 4. The van der Waals surface area contributed by atoms with E-state index in [0.29, 0.717) is 0 Å². The van der Waals surface area contributed by atoms with Gasteiger partial charge in [-0.1, -0.05) is 0 Å². The van der Waals surface area contributed by atoms with Crippen molar-refractivity contribution in [2.75, 3.05) is 0 Å². The number of rotatable bonds is 3. The Balaban J connectivity index is 1.99. The van der Waals surface area contributed by atoms with E-state index >= 15 is 0 Å². The van der Waals surface area contributed by atoms with Crippen LogP contribution in [0.2, 0.25) is 0 Å². The van der Waals surface area contributed by atoms with Crippen LogP contribution in [0.4, 0.5) is 0 Å². The van der Waals surface area contributed by atoms with Crippen LogP contribution < -0.4 is 0 Å². The molecule has 2 aromatic rings. The Morgan fingerprint density at radius 3 is 2.93 bits per heavy atom. The van der Waals surface area contributed by atoms with Crippen LogP contribution in [0.25, 0.3) is 0 Å². The summed E-state index contributed by atoms with van der Waals surface area (Å²) in [6, 6.07) is 3.96. The fourth-order valence-corrected chi connectivity index (χ4v) is 2.22. The number of thioether (sulfide) groups is 1. The van der Waals surface area contributed by atoms with Crippen molar-refractivity contribution in [1.82, 2.24) is 15.0 Å². The van der Waals surface area contributed by atoms with E-state index < -0.39 is 0 Å². The molecular weight excluding hydrogens is 274 g/mol. The monoisotopic (exact) mass is 281 g/mol. The highest BCUT2D eigenvalue weighted by Crippen LogP contribution is 2.20. The molecule has 0 amide bonds. The van der Waals surface area contributed by atoms with E-state index in [-0.39, 0.29) is 0 Å². The van der Waals surface area contributed by atoms with Gasteiger partial charge in [0.05, 0.1) is 5.03 Å². The van der Waals surface area contributed by atoms with Gasteiger partial charge < -0.3 is 0 Å². The summed E-state index contributed by atoms with van der Waals surface area (Å²) in [5, 5.41) is 0.977. The molecule has 0 atom stereocenters. The molecule has 76 valence electrons. The fourth-order valence-electron chi connectivity index (χ4n) is 1.06. The Morgan fingerprint density at radius 2 is 2.20 bits per heavy atom. The van der Waals surface area contributed by atoms with Crippen LogP contribution in [-0.2, 0) is 5.75 Å². The van der Waals surface area contributed by atoms with Gasteiger partial charge in [-0.25, -0.2) is 9.97 Å². The van der Waals surface area contributed by atoms with Crippen molar-refractivity contribution < 1.29 is 0 Å². The summed E-state index contributed by atoms with van der Waals surface area (Å²) >= 11 is 5.06. The molecule has 0 N–H and O–H groups in total. The maximum atomic E-state index is 4.14. The van der Waals surface area contributed by atoms with Gasteiger partial charge in [0.2, 0.25) is 0 Å². The smallest absolute Gasteiger partial charge is 0.116 e. The first-order valence-corrected chi connectivity index (χ1v) is 6.11. The largest absolute Gasteiger partial charge is 0.263 e. The topological polar surface area (TPSA) is 38.7 Å². The van der Waals surface area contributed by atoms with Crippen molar-refractivity contribution in [2.24, 2.45) is 0 Å². The predicted octanol–water partition coefficient (Wildman–Crippen LogP) is 2.93. The molecule has 0 saturated carbocycles. The minimum Gasteiger partial charge on any atom is -0.263 e. The van der Waals surface area contributed by atoms with Gasteiger partial charge in [0.1, 0.15) is 6.33 Å². The van der Waals surface area contributed by atoms with Crippen LogP contribution >= 0.6 is 27.7 Å². The molecule has 0 radical (unpaired) electrons. The maximum absolute atomic E-state index is 4.14. The minimum atomic E-state index is 0.865. The summed E-state index contributed by atoms with van der Waals surface area (Å²) < 4.78 is 1.00. The van der Waals surface area contributed by atoms with E-state index in [1.807, 2.05) is 12.3 Å². The Bertz CT molecular complexity index is 436. The van der Waals surface area contributed by atoms with E-state index in [1.165, 1.54) is 5.56 Å². The standard InChI is InChI=1S/C10H8BrN3S/c11-9-3-8(4-13-5-9)6-15-10-1-2-12-7-14-10/h1-5,7H,6H2. The summed E-state index contributed by atoms with van der Waals surface area (Å²) in [7, 11) is 0. The molecule has 0 saturated heterocycles. The van der Waals surface area contributed by atoms with Gasteiger partial charge >= 0.3 is 0 Å². The van der Waals surface area contributed by atoms with Crippen LogP contribution in [0, 0.1) is 0 Å². The van der Waals surface area contributed by atoms with Crippen LogP contribution in [0.1, 0.15) is 5.56 Å². The third-order valence-electron chi connectivity index (χ3n) is 1.70. The quantitative estimate of drug-likeness (QED) is 0.641. The second-order valence-electron chi connectivity index (χ2n) is 2.85. The van der Waals surface area contributed by atoms with Crippen molar-refractivity contribution in [3.8, 4) is 0 Å². The van der Waals surface area contributed by atoms with Crippen LogP contribution in [0.3, 0.4) is 0 Å². The molecule has 2 aromatic heterocycles. The Labute approximate surface area is 101 Å². The van der Waals surface area contributed by atoms with Crippen LogP contribution in [-0.4, -0.2) is 15.0 Å². The SMILES string of the molecule is Brc1cncc(CSc2ccncn2)c1. The molecule has 0 aliphatic carbocycles. The molecule has 5 heteroatoms. The summed E-state index contributed by atoms with van der Waals surface area (Å²) in [5.41, 5.74) is 1.17. The molecule has 0 bridgehead atoms. The summed E-state index contributed by atoms with van der Waals surface area (Å²) in [4.78, 5) is 12.1. The summed E-state index contributed by atoms with van der Waals surface area (Å²) in [6.07, 6.45) is 6.94. The highest BCUT2D eigenvalue weighted by atomic mass is 79.9. The fraction of sp³-hybridized carbons (Fsp3) is 0.100. The maximum Gasteiger partial charge on any atom is 0.116 e. The minimum absolute atomic E-state index is 0.865. The van der Waals surface area contributed by atoms with Gasteiger partial charge in [-0.05, 0) is 33.6 Å². The lowest BCUT2D eigenvalue weighted by Gasteiger charge is -2.00. The number of halogens is 1. The zero-order valence-electron chi connectivity index (χ0n) is 7.80. The molecule has 2 rings (SSSR count). The summed E-state index contributed by atoms with van der Waals surface area (Å²) in [6.45, 7) is 0. The molecule has 0 aromatic carbocycles. The van der Waals surface area contributed by atoms with Crippen molar-refractivity contribution >= 4 is 27.7 Å². The van der Waals surface area contributed by atoms with Crippen LogP contribution in [0.5, 0.6) is 0 Å². The van der Waals surface area contributed by atoms with Gasteiger partial charge in [0.15, 0.2) is 0 Å². The Hall–Kier alpha value is -0.940. The molecular formula is C10H8BrN3S. The van der Waals surface area contributed by atoms with Crippen LogP contribution in [0.15, 0.2) is 46.5 Å². The number of nitrogens with zero attached hydrogens (tertiary/aromatic N) is 3. The average Bonchev–Trinajstić information content (AvgIpc) is 2.28. The van der Waals surface area contributed by atoms with Gasteiger partial charge in [-0.2, -0.15) is 0 Å². The molecule has 0 fully saturated rings. The van der Waals surface area contributed by atoms with Crippen molar-refractivity contribution in [1.29, 1.82) is 0 Å². The molecule has 2 heterocycles. The van der Waals surface area contributed by atoms with Gasteiger partial charge in [0.25, 0.3) is 0 Å². The first kappa shape index (κ1) is 10.6. The molecule has 0 aliphatic rings. The lowest BCUT2D eigenvalue weighted by Crippen LogP contribution is -1.85. The molecule has 0 spiro atoms. The highest BCUT2D eigenvalue weighted by Gasteiger charge is 1.98. The molecule has 15 heavy (non-hydrogen) atoms. The van der Waals surface area contributed by atoms with E-state index in [4.69, 9.17) is 0 Å². The van der Waals surface area contributed by atoms with Crippen molar-refractivity contribution in [3.63, 3.8) is 0 Å². The lowest BCUT2D eigenvalue weighted by atomic mass is 10.3. The zero-order chi connectivity index (χ0) is 10.5. The van der Waals surface area contributed by atoms with E-state index in [9.17, 15) is 0 Å². The van der Waals surface area contributed by atoms with E-state index in [0.717, 1.165) is 15.3 Å². The number of hydrogen-bond donors (Lipinski definition) is 0. The van der Waals surface area contributed by atoms with E-state index in [1.54, 1.807) is 30.5 Å². The van der Waals surface area contributed by atoms with Gasteiger partial charge in [-0.15, -0.1) is 11.8 Å².